The van der Waals surface area contributed by atoms with Crippen LogP contribution >= 0.6 is 0 Å². The van der Waals surface area contributed by atoms with Crippen molar-refractivity contribution in [2.75, 3.05) is 19.8 Å². The van der Waals surface area contributed by atoms with Gasteiger partial charge in [-0.3, -0.25) is 4.79 Å². The van der Waals surface area contributed by atoms with Gasteiger partial charge in [0.15, 0.2) is 0 Å². The van der Waals surface area contributed by atoms with E-state index < -0.39 is 6.10 Å². The van der Waals surface area contributed by atoms with E-state index in [0.717, 1.165) is 0 Å². The van der Waals surface area contributed by atoms with Crippen LogP contribution in [-0.4, -0.2) is 30.8 Å². The molecule has 15 heavy (non-hydrogen) atoms. The molecule has 5 heteroatoms. The summed E-state index contributed by atoms with van der Waals surface area (Å²) in [4.78, 5) is 11.1. The number of aliphatic hydroxyl groups excluding tert-OH is 1. The second-order valence-electron chi connectivity index (χ2n) is 2.97. The summed E-state index contributed by atoms with van der Waals surface area (Å²) in [6, 6.07) is 3.33. The molecule has 0 bridgehead atoms. The molecule has 1 unspecified atom stereocenters. The van der Waals surface area contributed by atoms with Gasteiger partial charge in [0.1, 0.15) is 18.5 Å². The molecule has 84 valence electrons. The zero-order valence-electron chi connectivity index (χ0n) is 8.60. The van der Waals surface area contributed by atoms with E-state index in [4.69, 9.17) is 9.15 Å². The number of aliphatic hydroxyl groups is 1. The molecule has 0 aliphatic rings. The van der Waals surface area contributed by atoms with Crippen molar-refractivity contribution < 1.29 is 19.1 Å². The normalized spacial score (nSPS) is 12.4. The molecule has 1 atom stereocenters. The number of nitrogens with one attached hydrogen (secondary N) is 1. The predicted octanol–water partition coefficient (Wildman–Crippen LogP) is 0.466. The lowest BCUT2D eigenvalue weighted by Gasteiger charge is -2.09. The van der Waals surface area contributed by atoms with Crippen molar-refractivity contribution in [2.24, 2.45) is 0 Å². The molecule has 0 spiro atoms. The van der Waals surface area contributed by atoms with Crippen LogP contribution in [0.25, 0.3) is 0 Å². The maximum atomic E-state index is 11.1. The second-order valence-corrected chi connectivity index (χ2v) is 2.97. The summed E-state index contributed by atoms with van der Waals surface area (Å²) in [5.74, 6) is 0.189. The lowest BCUT2D eigenvalue weighted by Crippen LogP contribution is -2.31. The largest absolute Gasteiger partial charge is 0.467 e. The number of carbonyl (C=O) groups is 1. The van der Waals surface area contributed by atoms with Gasteiger partial charge in [0.2, 0.25) is 5.91 Å². The van der Waals surface area contributed by atoms with Crippen molar-refractivity contribution in [3.05, 3.63) is 24.2 Å². The van der Waals surface area contributed by atoms with Crippen molar-refractivity contribution in [1.82, 2.24) is 5.32 Å². The highest BCUT2D eigenvalue weighted by molar-refractivity contribution is 5.77. The number of amides is 1. The maximum absolute atomic E-state index is 11.1. The summed E-state index contributed by atoms with van der Waals surface area (Å²) in [6.07, 6.45) is 0.659. The van der Waals surface area contributed by atoms with Gasteiger partial charge in [0.25, 0.3) is 0 Å². The summed E-state index contributed by atoms with van der Waals surface area (Å²) in [6.45, 7) is 2.44. The molecule has 1 amide bonds. The highest BCUT2D eigenvalue weighted by Crippen LogP contribution is 2.11. The summed E-state index contributed by atoms with van der Waals surface area (Å²) in [7, 11) is 0. The summed E-state index contributed by atoms with van der Waals surface area (Å²) in [5, 5.41) is 12.1. The molecular weight excluding hydrogens is 198 g/mol. The third-order valence-electron chi connectivity index (χ3n) is 1.80. The fourth-order valence-corrected chi connectivity index (χ4v) is 1.04. The van der Waals surface area contributed by atoms with E-state index in [2.05, 4.69) is 5.32 Å². The van der Waals surface area contributed by atoms with E-state index in [-0.39, 0.29) is 19.1 Å². The monoisotopic (exact) mass is 213 g/mol. The quantitative estimate of drug-likeness (QED) is 0.720. The smallest absolute Gasteiger partial charge is 0.246 e. The van der Waals surface area contributed by atoms with E-state index in [1.54, 1.807) is 12.1 Å². The van der Waals surface area contributed by atoms with Gasteiger partial charge in [-0.2, -0.15) is 0 Å². The maximum Gasteiger partial charge on any atom is 0.246 e. The van der Waals surface area contributed by atoms with Crippen LogP contribution in [0.15, 0.2) is 22.8 Å². The van der Waals surface area contributed by atoms with Crippen LogP contribution in [0.3, 0.4) is 0 Å². The van der Waals surface area contributed by atoms with Crippen LogP contribution in [-0.2, 0) is 9.53 Å². The Balaban J connectivity index is 2.22. The highest BCUT2D eigenvalue weighted by atomic mass is 16.5. The molecule has 0 saturated heterocycles. The standard InChI is InChI=1S/C10H15NO4/c1-2-14-7-10(13)11-6-8(12)9-4-3-5-15-9/h3-5,8,12H,2,6-7H2,1H3,(H,11,13). The molecular formula is C10H15NO4. The molecule has 5 nitrogen and oxygen atoms in total. The van der Waals surface area contributed by atoms with E-state index in [0.29, 0.717) is 12.4 Å². The SMILES string of the molecule is CCOCC(=O)NCC(O)c1ccco1. The minimum Gasteiger partial charge on any atom is -0.467 e. The molecule has 0 aliphatic heterocycles. The molecule has 2 N–H and O–H groups in total. The van der Waals surface area contributed by atoms with Gasteiger partial charge in [-0.1, -0.05) is 0 Å². The number of furan rings is 1. The van der Waals surface area contributed by atoms with E-state index in [9.17, 15) is 9.90 Å². The van der Waals surface area contributed by atoms with Gasteiger partial charge in [-0.15, -0.1) is 0 Å². The van der Waals surface area contributed by atoms with Crippen LogP contribution in [0.2, 0.25) is 0 Å². The van der Waals surface area contributed by atoms with Crippen molar-refractivity contribution in [3.63, 3.8) is 0 Å². The Morgan fingerprint density at radius 1 is 1.73 bits per heavy atom. The molecule has 1 aromatic rings. The van der Waals surface area contributed by atoms with Crippen molar-refractivity contribution in [3.8, 4) is 0 Å². The van der Waals surface area contributed by atoms with Gasteiger partial charge >= 0.3 is 0 Å². The molecule has 1 rings (SSSR count). The molecule has 1 heterocycles. The Kier molecular flexibility index (Phi) is 4.86. The topological polar surface area (TPSA) is 71.7 Å². The first-order valence-electron chi connectivity index (χ1n) is 4.80. The van der Waals surface area contributed by atoms with Gasteiger partial charge in [0, 0.05) is 6.61 Å². The first-order chi connectivity index (χ1) is 7.24. The Labute approximate surface area is 88.0 Å². The molecule has 0 fully saturated rings. The lowest BCUT2D eigenvalue weighted by atomic mass is 10.3. The fourth-order valence-electron chi connectivity index (χ4n) is 1.04. The minimum atomic E-state index is -0.814. The van der Waals surface area contributed by atoms with Crippen LogP contribution in [0.1, 0.15) is 18.8 Å². The van der Waals surface area contributed by atoms with Crippen LogP contribution in [0.5, 0.6) is 0 Å². The number of hydrogen-bond acceptors (Lipinski definition) is 4. The van der Waals surface area contributed by atoms with Crippen LogP contribution < -0.4 is 5.32 Å². The van der Waals surface area contributed by atoms with Crippen LogP contribution in [0, 0.1) is 0 Å². The number of ether oxygens (including phenoxy) is 1. The van der Waals surface area contributed by atoms with Crippen molar-refractivity contribution in [2.45, 2.75) is 13.0 Å². The van der Waals surface area contributed by atoms with Gasteiger partial charge in [-0.25, -0.2) is 0 Å². The molecule has 0 radical (unpaired) electrons. The van der Waals surface area contributed by atoms with Crippen LogP contribution in [0.4, 0.5) is 0 Å². The second kappa shape index (κ2) is 6.21. The number of hydrogen-bond donors (Lipinski definition) is 2. The lowest BCUT2D eigenvalue weighted by molar-refractivity contribution is -0.126. The van der Waals surface area contributed by atoms with Crippen molar-refractivity contribution in [1.29, 1.82) is 0 Å². The first kappa shape index (κ1) is 11.7. The third kappa shape index (κ3) is 4.14. The summed E-state index contributed by atoms with van der Waals surface area (Å²) < 4.78 is 9.88. The minimum absolute atomic E-state index is 0.0153. The molecule has 1 aromatic heterocycles. The van der Waals surface area contributed by atoms with Gasteiger partial charge in [0.05, 0.1) is 12.8 Å². The molecule has 0 aromatic carbocycles. The first-order valence-corrected chi connectivity index (χ1v) is 4.80. The zero-order chi connectivity index (χ0) is 11.1. The Bertz CT molecular complexity index is 284. The van der Waals surface area contributed by atoms with E-state index in [1.165, 1.54) is 6.26 Å². The van der Waals surface area contributed by atoms with Gasteiger partial charge in [-0.05, 0) is 19.1 Å². The molecule has 0 saturated carbocycles. The van der Waals surface area contributed by atoms with Crippen molar-refractivity contribution >= 4 is 5.91 Å². The average Bonchev–Trinajstić information content (AvgIpc) is 2.76. The fraction of sp³-hybridized carbons (Fsp3) is 0.500. The summed E-state index contributed by atoms with van der Waals surface area (Å²) in [5.41, 5.74) is 0. The van der Waals surface area contributed by atoms with E-state index >= 15 is 0 Å². The number of carbonyl (C=O) groups excluding carboxylic acids is 1. The van der Waals surface area contributed by atoms with Gasteiger partial charge < -0.3 is 19.6 Å². The van der Waals surface area contributed by atoms with E-state index in [1.807, 2.05) is 6.92 Å². The number of rotatable bonds is 6. The Hall–Kier alpha value is -1.33. The average molecular weight is 213 g/mol. The molecule has 0 aliphatic carbocycles. The predicted molar refractivity (Wildman–Crippen MR) is 53.2 cm³/mol. The Morgan fingerprint density at radius 3 is 3.13 bits per heavy atom. The Morgan fingerprint density at radius 2 is 2.53 bits per heavy atom. The third-order valence-corrected chi connectivity index (χ3v) is 1.80. The highest BCUT2D eigenvalue weighted by Gasteiger charge is 2.11. The summed E-state index contributed by atoms with van der Waals surface area (Å²) >= 11 is 0. The zero-order valence-corrected chi connectivity index (χ0v) is 8.60.